The number of halogens is 1. The maximum atomic E-state index is 13.9. The Kier molecular flexibility index (Phi) is 18.6. The van der Waals surface area contributed by atoms with Crippen molar-refractivity contribution in [3.63, 3.8) is 0 Å². The number of amides is 5. The topological polar surface area (TPSA) is 181 Å². The van der Waals surface area contributed by atoms with E-state index in [2.05, 4.69) is 54.5 Å². The molecule has 2 fully saturated rings. The van der Waals surface area contributed by atoms with Gasteiger partial charge in [0.25, 0.3) is 0 Å². The molecule has 2 aliphatic rings. The van der Waals surface area contributed by atoms with E-state index in [4.69, 9.17) is 0 Å². The first-order chi connectivity index (χ1) is 25.6. The van der Waals surface area contributed by atoms with Crippen LogP contribution < -0.4 is 31.9 Å². The summed E-state index contributed by atoms with van der Waals surface area (Å²) < 4.78 is 1.11. The first kappa shape index (κ1) is 45.6. The number of nitrogens with zero attached hydrogens (tertiary/aromatic N) is 1. The van der Waals surface area contributed by atoms with E-state index in [0.717, 1.165) is 28.5 Å². The predicted octanol–water partition coefficient (Wildman–Crippen LogP) is 2.83. The number of likely N-dealkylation sites (tertiary alicyclic amines) is 1. The Morgan fingerprint density at radius 1 is 0.778 bits per heavy atom. The number of nitrogens with one attached hydrogen (secondary N) is 6. The van der Waals surface area contributed by atoms with E-state index in [-0.39, 0.29) is 54.0 Å². The van der Waals surface area contributed by atoms with Crippen LogP contribution in [-0.2, 0) is 30.5 Å². The van der Waals surface area contributed by atoms with Gasteiger partial charge in [-0.1, -0.05) is 80.4 Å². The highest BCUT2D eigenvalue weighted by Crippen LogP contribution is 2.21. The fourth-order valence-corrected chi connectivity index (χ4v) is 7.51. The van der Waals surface area contributed by atoms with Crippen molar-refractivity contribution in [2.75, 3.05) is 19.6 Å². The average molecular weight is 868 g/mol. The van der Waals surface area contributed by atoms with Crippen LogP contribution in [0.15, 0.2) is 24.3 Å². The van der Waals surface area contributed by atoms with Crippen LogP contribution in [0.5, 0.6) is 0 Å². The molecule has 0 aromatic heterocycles. The lowest BCUT2D eigenvalue weighted by Crippen LogP contribution is -2.61. The molecule has 0 spiro atoms. The van der Waals surface area contributed by atoms with Crippen molar-refractivity contribution >= 4 is 52.1 Å². The van der Waals surface area contributed by atoms with Gasteiger partial charge in [0, 0.05) is 16.7 Å². The molecule has 1 aromatic rings. The lowest BCUT2D eigenvalue weighted by molar-refractivity contribution is -0.135. The maximum absolute atomic E-state index is 13.9. The number of β-amino-alcohol motifs (C(OH)–C–C–N with tert-alkyl or cyclic N) is 1. The minimum absolute atomic E-state index is 0.0954. The molecular weight excluding hydrogens is 801 g/mol. The largest absolute Gasteiger partial charge is 0.390 e. The quantitative estimate of drug-likeness (QED) is 0.0979. The average Bonchev–Trinajstić information content (AvgIpc) is 3.85. The molecule has 7 N–H and O–H groups in total. The summed E-state index contributed by atoms with van der Waals surface area (Å²) in [6.07, 6.45) is 3.25. The number of rotatable bonds is 20. The summed E-state index contributed by atoms with van der Waals surface area (Å²) in [6.45, 7) is 17.1. The van der Waals surface area contributed by atoms with Gasteiger partial charge in [-0.2, -0.15) is 0 Å². The van der Waals surface area contributed by atoms with E-state index < -0.39 is 48.1 Å². The molecule has 2 saturated heterocycles. The van der Waals surface area contributed by atoms with E-state index in [1.165, 1.54) is 0 Å². The van der Waals surface area contributed by atoms with Crippen molar-refractivity contribution in [3.8, 4) is 0 Å². The number of carbonyl (C=O) groups excluding carboxylic acids is 5. The van der Waals surface area contributed by atoms with Crippen molar-refractivity contribution in [2.45, 2.75) is 143 Å². The van der Waals surface area contributed by atoms with Crippen LogP contribution in [0.4, 0.5) is 0 Å². The monoisotopic (exact) mass is 867 g/mol. The molecule has 304 valence electrons. The summed E-state index contributed by atoms with van der Waals surface area (Å²) in [4.78, 5) is 69.4. The molecule has 0 bridgehead atoms. The van der Waals surface area contributed by atoms with Crippen LogP contribution in [-0.4, -0.2) is 102 Å². The van der Waals surface area contributed by atoms with Crippen LogP contribution in [0.2, 0.25) is 0 Å². The summed E-state index contributed by atoms with van der Waals surface area (Å²) in [7, 11) is 0. The lowest BCUT2D eigenvalue weighted by Gasteiger charge is -2.35. The van der Waals surface area contributed by atoms with Crippen LogP contribution in [0.1, 0.15) is 99.5 Å². The molecule has 0 saturated carbocycles. The zero-order valence-electron chi connectivity index (χ0n) is 33.5. The minimum Gasteiger partial charge on any atom is -0.390 e. The molecule has 0 radical (unpaired) electrons. The smallest absolute Gasteiger partial charge is 0.243 e. The number of aliphatic hydroxyl groups is 1. The van der Waals surface area contributed by atoms with Gasteiger partial charge in [-0.15, -0.1) is 0 Å². The third kappa shape index (κ3) is 13.1. The maximum Gasteiger partial charge on any atom is 0.243 e. The van der Waals surface area contributed by atoms with Crippen LogP contribution >= 0.6 is 22.6 Å². The Morgan fingerprint density at radius 3 is 1.93 bits per heavy atom. The highest BCUT2D eigenvalue weighted by atomic mass is 127. The molecule has 14 heteroatoms. The van der Waals surface area contributed by atoms with Crippen molar-refractivity contribution in [2.24, 2.45) is 23.7 Å². The fraction of sp³-hybridized carbons (Fsp3) is 0.725. The third-order valence-electron chi connectivity index (χ3n) is 11.1. The molecule has 2 heterocycles. The van der Waals surface area contributed by atoms with Gasteiger partial charge < -0.3 is 37.0 Å². The van der Waals surface area contributed by atoms with Gasteiger partial charge in [0.2, 0.25) is 29.5 Å². The van der Waals surface area contributed by atoms with Gasteiger partial charge in [-0.05, 0) is 103 Å². The Morgan fingerprint density at radius 2 is 1.37 bits per heavy atom. The van der Waals surface area contributed by atoms with Gasteiger partial charge in [0.15, 0.2) is 0 Å². The number of hydrogen-bond acceptors (Lipinski definition) is 8. The molecule has 13 nitrogen and oxygen atoms in total. The number of hydrogen-bond donors (Lipinski definition) is 7. The first-order valence-electron chi connectivity index (χ1n) is 20.0. The van der Waals surface area contributed by atoms with E-state index in [0.29, 0.717) is 38.8 Å². The van der Waals surface area contributed by atoms with E-state index >= 15 is 0 Å². The zero-order valence-corrected chi connectivity index (χ0v) is 35.7. The Hall–Kier alpha value is -2.82. The summed E-state index contributed by atoms with van der Waals surface area (Å²) in [5.74, 6) is -2.25. The normalized spacial score (nSPS) is 21.4. The molecule has 1 aromatic carbocycles. The molecule has 3 rings (SSSR count). The lowest BCUT2D eigenvalue weighted by atomic mass is 9.93. The van der Waals surface area contributed by atoms with E-state index in [9.17, 15) is 29.1 Å². The number of benzene rings is 1. The molecular formula is C40H66IN7O6. The molecule has 0 aliphatic carbocycles. The van der Waals surface area contributed by atoms with Gasteiger partial charge in [0.05, 0.1) is 24.2 Å². The summed E-state index contributed by atoms with van der Waals surface area (Å²) in [5.41, 5.74) is 0.971. The summed E-state index contributed by atoms with van der Waals surface area (Å²) in [6, 6.07) is 3.94. The van der Waals surface area contributed by atoms with Crippen LogP contribution in [0.3, 0.4) is 0 Å². The molecule has 5 amide bonds. The van der Waals surface area contributed by atoms with Gasteiger partial charge in [0.1, 0.15) is 18.1 Å². The van der Waals surface area contributed by atoms with Gasteiger partial charge >= 0.3 is 0 Å². The summed E-state index contributed by atoms with van der Waals surface area (Å²) in [5, 5.41) is 29.6. The number of carbonyl (C=O) groups is 5. The fourth-order valence-electron chi connectivity index (χ4n) is 7.15. The van der Waals surface area contributed by atoms with Crippen molar-refractivity contribution < 1.29 is 29.1 Å². The zero-order chi connectivity index (χ0) is 40.1. The molecule has 9 atom stereocenters. The van der Waals surface area contributed by atoms with Gasteiger partial charge in [-0.25, -0.2) is 0 Å². The second-order valence-corrected chi connectivity index (χ2v) is 17.2. The van der Waals surface area contributed by atoms with Crippen LogP contribution in [0.25, 0.3) is 0 Å². The second kappa shape index (κ2) is 22.1. The minimum atomic E-state index is -1.01. The third-order valence-corrected chi connectivity index (χ3v) is 11.8. The molecule has 0 unspecified atom stereocenters. The summed E-state index contributed by atoms with van der Waals surface area (Å²) >= 11 is 2.24. The predicted molar refractivity (Wildman–Crippen MR) is 219 cm³/mol. The Balaban J connectivity index is 1.66. The molecule has 54 heavy (non-hydrogen) atoms. The highest BCUT2D eigenvalue weighted by Gasteiger charge is 2.39. The van der Waals surface area contributed by atoms with Crippen molar-refractivity contribution in [1.82, 2.24) is 36.8 Å². The van der Waals surface area contributed by atoms with E-state index in [1.807, 2.05) is 84.6 Å². The Bertz CT molecular complexity index is 1390. The molecule has 2 aliphatic heterocycles. The van der Waals surface area contributed by atoms with Gasteiger partial charge in [-0.3, -0.25) is 28.9 Å². The Labute approximate surface area is 336 Å². The van der Waals surface area contributed by atoms with Crippen molar-refractivity contribution in [3.05, 3.63) is 33.4 Å². The van der Waals surface area contributed by atoms with Crippen LogP contribution in [0, 0.1) is 27.2 Å². The first-order valence-corrected chi connectivity index (χ1v) is 21.0. The second-order valence-electron chi connectivity index (χ2n) is 16.0. The van der Waals surface area contributed by atoms with E-state index in [1.54, 1.807) is 0 Å². The number of aliphatic hydroxyl groups excluding tert-OH is 1. The SMILES string of the molecule is CC[C@H](C)[C@H](NC(=O)[C@@H](NC(=O)[C@@H]1CCCN1)C(C)C)C(=O)N[C@@H](C(C)C)[C@H](O)CN1CCC[C@H]1C(=O)N[C@H](C(=O)NCc1ccc(I)cc1)[C@@H](C)CC. The highest BCUT2D eigenvalue weighted by molar-refractivity contribution is 14.1. The standard InChI is InChI=1S/C40H66IN7O6/c1-9-25(7)34(38(52)43-21-27-15-17-28(41)18-16-27)46-37(51)30-14-12-20-48(30)22-31(49)32(23(3)4)44-40(54)35(26(8)10-2)47-39(53)33(24(5)6)45-36(50)29-13-11-19-42-29/h15-18,23-26,29-35,42,49H,9-14,19-22H2,1-8H3,(H,43,52)(H,44,54)(H,45,50)(H,46,51)(H,47,53)/t25-,26-,29-,30-,31+,32-,33-,34-,35-/m0/s1. The van der Waals surface area contributed by atoms with Crippen molar-refractivity contribution in [1.29, 1.82) is 0 Å².